The molecule has 0 radical (unpaired) electrons. The molecule has 0 aromatic heterocycles. The molecule has 0 heterocycles. The molecule has 6 heteroatoms. The van der Waals surface area contributed by atoms with Gasteiger partial charge in [0.2, 0.25) is 5.91 Å². The summed E-state index contributed by atoms with van der Waals surface area (Å²) in [5.74, 6) is -0.0533. The minimum absolute atomic E-state index is 0.00857. The smallest absolute Gasteiger partial charge is 0.305 e. The molecule has 0 aliphatic heterocycles. The standard InChI is InChI=1S/C76H145NO5/c1-3-5-7-9-11-13-15-17-18-19-20-32-35-38-41-45-48-52-56-60-64-68-74(79)73(72-78)77-75(80)69-65-61-57-53-49-46-42-39-36-33-30-28-26-24-22-21-23-25-27-29-31-34-37-40-43-47-51-55-59-63-67-71-82-76(81)70-66-62-58-54-50-44-16-14-12-10-8-6-4-2/h14,16,23,25,64,68,73-74,78-79H,3-13,15,17-22,24,26-63,65-67,69-72H2,1-2H3,(H,77,80)/b16-14-,25-23-,68-64+. The molecule has 0 aromatic rings. The van der Waals surface area contributed by atoms with Crippen molar-refractivity contribution in [1.29, 1.82) is 0 Å². The van der Waals surface area contributed by atoms with Crippen molar-refractivity contribution in [3.05, 3.63) is 36.5 Å². The average Bonchev–Trinajstić information content (AvgIpc) is 3.48. The molecule has 0 aromatic carbocycles. The van der Waals surface area contributed by atoms with Gasteiger partial charge >= 0.3 is 5.97 Å². The van der Waals surface area contributed by atoms with Gasteiger partial charge in [0.15, 0.2) is 0 Å². The van der Waals surface area contributed by atoms with Gasteiger partial charge in [-0.15, -0.1) is 0 Å². The third kappa shape index (κ3) is 67.2. The monoisotopic (exact) mass is 1150 g/mol. The Morgan fingerprint density at radius 3 is 0.878 bits per heavy atom. The number of aliphatic hydroxyl groups is 2. The number of allylic oxidation sites excluding steroid dienone is 5. The van der Waals surface area contributed by atoms with E-state index < -0.39 is 12.1 Å². The van der Waals surface area contributed by atoms with Crippen LogP contribution in [-0.2, 0) is 14.3 Å². The Kier molecular flexibility index (Phi) is 69.9. The predicted molar refractivity (Wildman–Crippen MR) is 361 cm³/mol. The Hall–Kier alpha value is -1.92. The van der Waals surface area contributed by atoms with E-state index in [1.54, 1.807) is 6.08 Å². The zero-order chi connectivity index (χ0) is 59.2. The third-order valence-corrected chi connectivity index (χ3v) is 17.4. The molecule has 0 aliphatic carbocycles. The van der Waals surface area contributed by atoms with Gasteiger partial charge in [-0.2, -0.15) is 0 Å². The van der Waals surface area contributed by atoms with Crippen molar-refractivity contribution in [2.45, 2.75) is 424 Å². The molecular formula is C76H145NO5. The number of carbonyl (C=O) groups excluding carboxylic acids is 2. The second-order valence-electron chi connectivity index (χ2n) is 25.6. The molecule has 0 bridgehead atoms. The maximum atomic E-state index is 12.5. The van der Waals surface area contributed by atoms with E-state index in [9.17, 15) is 19.8 Å². The van der Waals surface area contributed by atoms with Gasteiger partial charge in [-0.25, -0.2) is 0 Å². The van der Waals surface area contributed by atoms with Crippen LogP contribution < -0.4 is 5.32 Å². The normalized spacial score (nSPS) is 12.7. The summed E-state index contributed by atoms with van der Waals surface area (Å²) in [5.41, 5.74) is 0. The van der Waals surface area contributed by atoms with Gasteiger partial charge in [-0.3, -0.25) is 9.59 Å². The zero-order valence-corrected chi connectivity index (χ0v) is 55.5. The topological polar surface area (TPSA) is 95.9 Å². The summed E-state index contributed by atoms with van der Waals surface area (Å²) < 4.78 is 5.48. The lowest BCUT2D eigenvalue weighted by atomic mass is 10.0. The van der Waals surface area contributed by atoms with Gasteiger partial charge in [0, 0.05) is 12.8 Å². The third-order valence-electron chi connectivity index (χ3n) is 17.4. The predicted octanol–water partition coefficient (Wildman–Crippen LogP) is 24.3. The van der Waals surface area contributed by atoms with E-state index in [1.807, 2.05) is 6.08 Å². The van der Waals surface area contributed by atoms with Crippen LogP contribution in [0.1, 0.15) is 412 Å². The summed E-state index contributed by atoms with van der Waals surface area (Å²) in [6.07, 6.45) is 92.4. The van der Waals surface area contributed by atoms with Gasteiger partial charge in [0.1, 0.15) is 0 Å². The molecule has 0 saturated carbocycles. The molecule has 0 rings (SSSR count). The van der Waals surface area contributed by atoms with Gasteiger partial charge < -0.3 is 20.3 Å². The van der Waals surface area contributed by atoms with E-state index in [1.165, 1.54) is 340 Å². The second kappa shape index (κ2) is 71.6. The highest BCUT2D eigenvalue weighted by Gasteiger charge is 2.18. The van der Waals surface area contributed by atoms with Crippen molar-refractivity contribution in [3.63, 3.8) is 0 Å². The van der Waals surface area contributed by atoms with Crippen LogP contribution in [0.5, 0.6) is 0 Å². The highest BCUT2D eigenvalue weighted by Crippen LogP contribution is 2.19. The van der Waals surface area contributed by atoms with Crippen LogP contribution in [0.3, 0.4) is 0 Å². The Morgan fingerprint density at radius 2 is 0.573 bits per heavy atom. The number of carbonyl (C=O) groups is 2. The fourth-order valence-corrected chi connectivity index (χ4v) is 11.7. The average molecular weight is 1150 g/mol. The van der Waals surface area contributed by atoms with Gasteiger partial charge in [0.25, 0.3) is 0 Å². The first-order valence-corrected chi connectivity index (χ1v) is 37.3. The lowest BCUT2D eigenvalue weighted by Crippen LogP contribution is -2.45. The van der Waals surface area contributed by atoms with E-state index in [-0.39, 0.29) is 18.5 Å². The number of esters is 1. The molecule has 6 nitrogen and oxygen atoms in total. The molecule has 3 N–H and O–H groups in total. The summed E-state index contributed by atoms with van der Waals surface area (Å²) in [5, 5.41) is 23.3. The van der Waals surface area contributed by atoms with E-state index in [4.69, 9.17) is 4.74 Å². The van der Waals surface area contributed by atoms with E-state index in [0.29, 0.717) is 19.4 Å². The lowest BCUT2D eigenvalue weighted by Gasteiger charge is -2.20. The minimum atomic E-state index is -0.844. The number of ether oxygens (including phenoxy) is 1. The van der Waals surface area contributed by atoms with Crippen molar-refractivity contribution in [1.82, 2.24) is 5.32 Å². The van der Waals surface area contributed by atoms with Crippen LogP contribution in [0.4, 0.5) is 0 Å². The Balaban J connectivity index is 3.39. The van der Waals surface area contributed by atoms with Crippen LogP contribution in [0.25, 0.3) is 0 Å². The molecule has 0 aliphatic rings. The first kappa shape index (κ1) is 80.1. The quantitative estimate of drug-likeness (QED) is 0.0320. The Morgan fingerprint density at radius 1 is 0.329 bits per heavy atom. The number of hydrogen-bond donors (Lipinski definition) is 3. The Bertz CT molecular complexity index is 1330. The number of aliphatic hydroxyl groups excluding tert-OH is 2. The maximum Gasteiger partial charge on any atom is 0.305 e. The molecule has 0 spiro atoms. The molecular weight excluding hydrogens is 1010 g/mol. The fourth-order valence-electron chi connectivity index (χ4n) is 11.7. The molecule has 0 fully saturated rings. The highest BCUT2D eigenvalue weighted by atomic mass is 16.5. The van der Waals surface area contributed by atoms with Crippen molar-refractivity contribution in [3.8, 4) is 0 Å². The van der Waals surface area contributed by atoms with Crippen LogP contribution >= 0.6 is 0 Å². The Labute approximate surface area is 513 Å². The summed E-state index contributed by atoms with van der Waals surface area (Å²) in [7, 11) is 0. The fraction of sp³-hybridized carbons (Fsp3) is 0.895. The summed E-state index contributed by atoms with van der Waals surface area (Å²) in [4.78, 5) is 24.6. The molecule has 0 saturated heterocycles. The summed E-state index contributed by atoms with van der Waals surface area (Å²) in [6.45, 7) is 4.92. The van der Waals surface area contributed by atoms with Crippen LogP contribution in [0.2, 0.25) is 0 Å². The minimum Gasteiger partial charge on any atom is -0.466 e. The van der Waals surface area contributed by atoms with E-state index in [0.717, 1.165) is 44.9 Å². The van der Waals surface area contributed by atoms with Crippen molar-refractivity contribution in [2.75, 3.05) is 13.2 Å². The molecule has 2 atom stereocenters. The van der Waals surface area contributed by atoms with E-state index in [2.05, 4.69) is 43.5 Å². The molecule has 484 valence electrons. The van der Waals surface area contributed by atoms with Crippen LogP contribution in [0, 0.1) is 0 Å². The van der Waals surface area contributed by atoms with Gasteiger partial charge in [0.05, 0.1) is 25.4 Å². The number of amides is 1. The highest BCUT2D eigenvalue weighted by molar-refractivity contribution is 5.76. The first-order chi connectivity index (χ1) is 40.5. The van der Waals surface area contributed by atoms with Gasteiger partial charge in [-0.1, -0.05) is 352 Å². The van der Waals surface area contributed by atoms with Crippen LogP contribution in [-0.4, -0.2) is 47.4 Å². The number of unbranched alkanes of at least 4 members (excludes halogenated alkanes) is 55. The number of rotatable bonds is 70. The number of hydrogen-bond acceptors (Lipinski definition) is 5. The number of nitrogens with one attached hydrogen (secondary N) is 1. The SMILES string of the molecule is CCCCCC/C=C\CCCCCCCC(=O)OCCCCCCCCCCCCCC/C=C\CCCCCCCCCCCCCCCCCC(=O)NC(CO)C(O)/C=C/CCCCCCCCCCCCCCCCCCCCC. The summed E-state index contributed by atoms with van der Waals surface area (Å²) >= 11 is 0. The molecule has 2 unspecified atom stereocenters. The van der Waals surface area contributed by atoms with Gasteiger partial charge in [-0.05, 0) is 83.5 Å². The van der Waals surface area contributed by atoms with Crippen molar-refractivity contribution in [2.24, 2.45) is 0 Å². The summed E-state index contributed by atoms with van der Waals surface area (Å²) in [6, 6.07) is -0.627. The second-order valence-corrected chi connectivity index (χ2v) is 25.6. The van der Waals surface area contributed by atoms with Crippen molar-refractivity contribution < 1.29 is 24.5 Å². The van der Waals surface area contributed by atoms with Crippen LogP contribution in [0.15, 0.2) is 36.5 Å². The molecule has 1 amide bonds. The first-order valence-electron chi connectivity index (χ1n) is 37.3. The lowest BCUT2D eigenvalue weighted by molar-refractivity contribution is -0.143. The molecule has 82 heavy (non-hydrogen) atoms. The largest absolute Gasteiger partial charge is 0.466 e. The zero-order valence-electron chi connectivity index (χ0n) is 55.5. The maximum absolute atomic E-state index is 12.5. The van der Waals surface area contributed by atoms with Crippen molar-refractivity contribution >= 4 is 11.9 Å². The van der Waals surface area contributed by atoms with E-state index >= 15 is 0 Å².